The summed E-state index contributed by atoms with van der Waals surface area (Å²) in [5.74, 6) is -0.633. The van der Waals surface area contributed by atoms with E-state index < -0.39 is 0 Å². The van der Waals surface area contributed by atoms with Crippen LogP contribution in [0.25, 0.3) is 6.08 Å². The van der Waals surface area contributed by atoms with Gasteiger partial charge in [0.05, 0.1) is 19.3 Å². The summed E-state index contributed by atoms with van der Waals surface area (Å²) in [6.07, 6.45) is 2.41. The second-order valence-corrected chi connectivity index (χ2v) is 3.67. The molecular weight excluding hydrogens is 220 g/mol. The van der Waals surface area contributed by atoms with Crippen molar-refractivity contribution in [2.75, 3.05) is 13.7 Å². The molecule has 0 saturated carbocycles. The lowest BCUT2D eigenvalue weighted by Crippen LogP contribution is -2.00. The number of hydrogen-bond donors (Lipinski definition) is 0. The predicted molar refractivity (Wildman–Crippen MR) is 61.3 cm³/mol. The number of hydrogen-bond acceptors (Lipinski definition) is 4. The summed E-state index contributed by atoms with van der Waals surface area (Å²) in [4.78, 5) is 22.4. The fraction of sp³-hybridized carbons (Fsp3) is 0.231. The molecule has 1 saturated heterocycles. The molecule has 1 heterocycles. The quantitative estimate of drug-likeness (QED) is 0.576. The maximum Gasteiger partial charge on any atom is 0.337 e. The van der Waals surface area contributed by atoms with E-state index in [1.165, 1.54) is 7.11 Å². The zero-order chi connectivity index (χ0) is 12.3. The highest BCUT2D eigenvalue weighted by Crippen LogP contribution is 2.17. The number of rotatable bonds is 2. The Hall–Kier alpha value is -2.10. The Morgan fingerprint density at radius 2 is 2.06 bits per heavy atom. The van der Waals surface area contributed by atoms with Gasteiger partial charge in [-0.1, -0.05) is 12.1 Å². The van der Waals surface area contributed by atoms with Gasteiger partial charge in [-0.05, 0) is 23.8 Å². The van der Waals surface area contributed by atoms with Gasteiger partial charge in [0.25, 0.3) is 0 Å². The molecule has 0 bridgehead atoms. The van der Waals surface area contributed by atoms with Crippen molar-refractivity contribution in [1.29, 1.82) is 0 Å². The Morgan fingerprint density at radius 3 is 2.59 bits per heavy atom. The molecule has 0 N–H and O–H groups in total. The van der Waals surface area contributed by atoms with Crippen LogP contribution in [0.15, 0.2) is 29.8 Å². The average Bonchev–Trinajstić information content (AvgIpc) is 2.75. The smallest absolute Gasteiger partial charge is 0.337 e. The molecule has 4 heteroatoms. The van der Waals surface area contributed by atoms with Crippen LogP contribution in [0, 0.1) is 0 Å². The molecule has 0 aliphatic carbocycles. The van der Waals surface area contributed by atoms with E-state index in [1.54, 1.807) is 30.3 Å². The van der Waals surface area contributed by atoms with Gasteiger partial charge >= 0.3 is 11.9 Å². The van der Waals surface area contributed by atoms with Crippen molar-refractivity contribution >= 4 is 18.0 Å². The predicted octanol–water partition coefficient (Wildman–Crippen LogP) is 1.80. The third-order valence-electron chi connectivity index (χ3n) is 2.54. The number of benzene rings is 1. The fourth-order valence-corrected chi connectivity index (χ4v) is 1.61. The minimum absolute atomic E-state index is 0.262. The van der Waals surface area contributed by atoms with Gasteiger partial charge in [0.2, 0.25) is 0 Å². The topological polar surface area (TPSA) is 52.6 Å². The summed E-state index contributed by atoms with van der Waals surface area (Å²) in [7, 11) is 1.34. The van der Waals surface area contributed by atoms with Gasteiger partial charge in [-0.15, -0.1) is 0 Å². The van der Waals surface area contributed by atoms with Crippen LogP contribution >= 0.6 is 0 Å². The molecule has 0 aromatic heterocycles. The average molecular weight is 232 g/mol. The van der Waals surface area contributed by atoms with E-state index in [1.807, 2.05) is 0 Å². The highest BCUT2D eigenvalue weighted by molar-refractivity contribution is 5.95. The van der Waals surface area contributed by atoms with Gasteiger partial charge in [0.1, 0.15) is 0 Å². The van der Waals surface area contributed by atoms with Crippen molar-refractivity contribution in [3.8, 4) is 0 Å². The van der Waals surface area contributed by atoms with Crippen LogP contribution < -0.4 is 0 Å². The first kappa shape index (κ1) is 11.4. The van der Waals surface area contributed by atoms with Crippen molar-refractivity contribution in [3.63, 3.8) is 0 Å². The van der Waals surface area contributed by atoms with Crippen LogP contribution in [0.4, 0.5) is 0 Å². The van der Waals surface area contributed by atoms with Gasteiger partial charge in [-0.3, -0.25) is 0 Å². The summed E-state index contributed by atoms with van der Waals surface area (Å²) < 4.78 is 9.43. The Balaban J connectivity index is 2.18. The summed E-state index contributed by atoms with van der Waals surface area (Å²) in [6.45, 7) is 0.449. The normalized spacial score (nSPS) is 17.0. The van der Waals surface area contributed by atoms with Crippen molar-refractivity contribution < 1.29 is 19.1 Å². The van der Waals surface area contributed by atoms with E-state index in [0.29, 0.717) is 24.2 Å². The van der Waals surface area contributed by atoms with Crippen molar-refractivity contribution in [2.45, 2.75) is 6.42 Å². The van der Waals surface area contributed by atoms with Gasteiger partial charge in [-0.25, -0.2) is 9.59 Å². The Bertz CT molecular complexity index is 471. The summed E-state index contributed by atoms with van der Waals surface area (Å²) >= 11 is 0. The third kappa shape index (κ3) is 2.53. The molecule has 0 spiro atoms. The first-order chi connectivity index (χ1) is 8.20. The number of esters is 2. The second kappa shape index (κ2) is 4.82. The van der Waals surface area contributed by atoms with Crippen molar-refractivity contribution in [3.05, 3.63) is 41.0 Å². The van der Waals surface area contributed by atoms with E-state index in [9.17, 15) is 9.59 Å². The summed E-state index contributed by atoms with van der Waals surface area (Å²) in [6, 6.07) is 6.87. The lowest BCUT2D eigenvalue weighted by Gasteiger charge is -1.99. The van der Waals surface area contributed by atoms with Gasteiger partial charge < -0.3 is 9.47 Å². The monoisotopic (exact) mass is 232 g/mol. The van der Waals surface area contributed by atoms with Crippen LogP contribution in [-0.2, 0) is 14.3 Å². The van der Waals surface area contributed by atoms with Gasteiger partial charge in [0, 0.05) is 12.0 Å². The fourth-order valence-electron chi connectivity index (χ4n) is 1.61. The summed E-state index contributed by atoms with van der Waals surface area (Å²) in [5.41, 5.74) is 2.02. The SMILES string of the molecule is COC(=O)c1ccc(C=C2CCOC2=O)cc1. The lowest BCUT2D eigenvalue weighted by molar-refractivity contribution is -0.134. The lowest BCUT2D eigenvalue weighted by atomic mass is 10.1. The van der Waals surface area contributed by atoms with E-state index >= 15 is 0 Å². The zero-order valence-electron chi connectivity index (χ0n) is 9.43. The Labute approximate surface area is 98.8 Å². The summed E-state index contributed by atoms with van der Waals surface area (Å²) in [5, 5.41) is 0. The highest BCUT2D eigenvalue weighted by atomic mass is 16.5. The molecule has 0 unspecified atom stereocenters. The molecule has 0 radical (unpaired) electrons. The van der Waals surface area contributed by atoms with Gasteiger partial charge in [0.15, 0.2) is 0 Å². The van der Waals surface area contributed by atoms with Crippen molar-refractivity contribution in [1.82, 2.24) is 0 Å². The van der Waals surface area contributed by atoms with Crippen LogP contribution in [0.5, 0.6) is 0 Å². The zero-order valence-corrected chi connectivity index (χ0v) is 9.43. The molecule has 0 amide bonds. The van der Waals surface area contributed by atoms with Gasteiger partial charge in [-0.2, -0.15) is 0 Å². The molecule has 1 fully saturated rings. The molecule has 1 aliphatic heterocycles. The van der Waals surface area contributed by atoms with Crippen LogP contribution in [-0.4, -0.2) is 25.7 Å². The van der Waals surface area contributed by atoms with Crippen LogP contribution in [0.2, 0.25) is 0 Å². The molecular formula is C13H12O4. The largest absolute Gasteiger partial charge is 0.465 e. The Morgan fingerprint density at radius 1 is 1.35 bits per heavy atom. The minimum atomic E-state index is -0.371. The molecule has 1 aromatic carbocycles. The second-order valence-electron chi connectivity index (χ2n) is 3.67. The molecule has 17 heavy (non-hydrogen) atoms. The molecule has 1 aromatic rings. The van der Waals surface area contributed by atoms with E-state index in [2.05, 4.69) is 4.74 Å². The maximum atomic E-state index is 11.2. The number of ether oxygens (including phenoxy) is 2. The standard InChI is InChI=1S/C13H12O4/c1-16-12(14)10-4-2-9(3-5-10)8-11-6-7-17-13(11)15/h2-5,8H,6-7H2,1H3. The van der Waals surface area contributed by atoms with E-state index in [4.69, 9.17) is 4.74 Å². The molecule has 88 valence electrons. The number of carbonyl (C=O) groups is 2. The molecule has 0 atom stereocenters. The van der Waals surface area contributed by atoms with E-state index in [-0.39, 0.29) is 11.9 Å². The number of methoxy groups -OCH3 is 1. The molecule has 2 rings (SSSR count). The van der Waals surface area contributed by atoms with E-state index in [0.717, 1.165) is 5.56 Å². The molecule has 1 aliphatic rings. The Kier molecular flexibility index (Phi) is 3.23. The highest BCUT2D eigenvalue weighted by Gasteiger charge is 2.18. The first-order valence-corrected chi connectivity index (χ1v) is 5.27. The maximum absolute atomic E-state index is 11.2. The molecule has 4 nitrogen and oxygen atoms in total. The number of carbonyl (C=O) groups excluding carboxylic acids is 2. The van der Waals surface area contributed by atoms with Crippen molar-refractivity contribution in [2.24, 2.45) is 0 Å². The first-order valence-electron chi connectivity index (χ1n) is 5.27. The minimum Gasteiger partial charge on any atom is -0.465 e. The van der Waals surface area contributed by atoms with Crippen LogP contribution in [0.3, 0.4) is 0 Å². The number of cyclic esters (lactones) is 1. The third-order valence-corrected chi connectivity index (χ3v) is 2.54. The van der Waals surface area contributed by atoms with Crippen LogP contribution in [0.1, 0.15) is 22.3 Å².